The number of aliphatic hydroxyl groups is 2. The van der Waals surface area contributed by atoms with Gasteiger partial charge in [0, 0.05) is 61.0 Å². The van der Waals surface area contributed by atoms with Crippen molar-refractivity contribution < 1.29 is 53.1 Å². The van der Waals surface area contributed by atoms with Crippen molar-refractivity contribution in [3.8, 4) is 45.3 Å². The Bertz CT molecular complexity index is 1530. The molecule has 0 spiro atoms. The summed E-state index contributed by atoms with van der Waals surface area (Å²) in [5.41, 5.74) is 4.59. The van der Waals surface area contributed by atoms with Gasteiger partial charge in [0.1, 0.15) is 0 Å². The summed E-state index contributed by atoms with van der Waals surface area (Å²) >= 11 is 0. The molecule has 4 rings (SSSR count). The highest BCUT2D eigenvalue weighted by molar-refractivity contribution is 6.50. The zero-order chi connectivity index (χ0) is 36.6. The van der Waals surface area contributed by atoms with Gasteiger partial charge in [0.15, 0.2) is 23.0 Å². The Hall–Kier alpha value is -4.21. The zero-order valence-electron chi connectivity index (χ0n) is 29.4. The molecule has 0 aliphatic heterocycles. The number of methoxy groups -OCH3 is 2. The molecule has 0 aliphatic rings. The molecule has 0 fully saturated rings. The van der Waals surface area contributed by atoms with Crippen molar-refractivity contribution in [1.82, 2.24) is 9.97 Å². The van der Waals surface area contributed by atoms with Crippen molar-refractivity contribution in [2.24, 2.45) is 0 Å². The molecule has 2 aromatic heterocycles. The fourth-order valence-electron chi connectivity index (χ4n) is 5.16. The number of aliphatic hydroxyl groups excluding tert-OH is 2. The van der Waals surface area contributed by atoms with E-state index in [4.69, 9.17) is 32.8 Å². The molecular formula is C36H46B2N2O11. The average Bonchev–Trinajstić information content (AvgIpc) is 3.16. The van der Waals surface area contributed by atoms with Crippen LogP contribution in [0.25, 0.3) is 22.3 Å². The maximum atomic E-state index is 10.3. The topological polar surface area (TPSA) is 171 Å². The van der Waals surface area contributed by atoms with Gasteiger partial charge in [0.25, 0.3) is 0 Å². The molecule has 2 heterocycles. The molecule has 13 nitrogen and oxygen atoms in total. The predicted octanol–water partition coefficient (Wildman–Crippen LogP) is 4.26. The second kappa shape index (κ2) is 20.6. The molecule has 272 valence electrons. The highest BCUT2D eigenvalue weighted by Crippen LogP contribution is 2.35. The van der Waals surface area contributed by atoms with Crippen LogP contribution in [0.2, 0.25) is 0 Å². The summed E-state index contributed by atoms with van der Waals surface area (Å²) in [6.07, 6.45) is 8.33. The van der Waals surface area contributed by atoms with Crippen LogP contribution in [-0.2, 0) is 13.9 Å². The Morgan fingerprint density at radius 2 is 1.06 bits per heavy atom. The van der Waals surface area contributed by atoms with Gasteiger partial charge in [0.05, 0.1) is 40.6 Å². The smallest absolute Gasteiger partial charge is 0.493 e. The van der Waals surface area contributed by atoms with Crippen molar-refractivity contribution in [1.29, 1.82) is 0 Å². The fraction of sp³-hybridized carbons (Fsp3) is 0.389. The first-order chi connectivity index (χ1) is 24.8. The molecular weight excluding hydrogens is 658 g/mol. The summed E-state index contributed by atoms with van der Waals surface area (Å²) in [5.74, 6) is 1.32. The van der Waals surface area contributed by atoms with E-state index < -0.39 is 26.5 Å². The average molecular weight is 704 g/mol. The molecule has 2 aromatic carbocycles. The van der Waals surface area contributed by atoms with Crippen LogP contribution in [0.1, 0.15) is 49.7 Å². The van der Waals surface area contributed by atoms with Gasteiger partial charge in [0.2, 0.25) is 0 Å². The first-order valence-corrected chi connectivity index (χ1v) is 16.8. The largest absolute Gasteiger partial charge is 0.627 e. The Balaban J connectivity index is 1.45. The minimum absolute atomic E-state index is 0.118. The molecule has 0 saturated heterocycles. The van der Waals surface area contributed by atoms with E-state index in [1.807, 2.05) is 62.4 Å². The molecule has 0 saturated carbocycles. The van der Waals surface area contributed by atoms with Crippen molar-refractivity contribution >= 4 is 14.6 Å². The second-order valence-electron chi connectivity index (χ2n) is 11.6. The molecule has 2 atom stereocenters. The van der Waals surface area contributed by atoms with Crippen molar-refractivity contribution in [2.45, 2.75) is 38.5 Å². The quantitative estimate of drug-likeness (QED) is 0.0857. The van der Waals surface area contributed by atoms with Gasteiger partial charge in [-0.25, -0.2) is 0 Å². The Labute approximate surface area is 299 Å². The second-order valence-corrected chi connectivity index (χ2v) is 11.6. The molecule has 15 heteroatoms. The van der Waals surface area contributed by atoms with E-state index in [-0.39, 0.29) is 26.4 Å². The third-order valence-electron chi connectivity index (χ3n) is 7.92. The summed E-state index contributed by atoms with van der Waals surface area (Å²) in [4.78, 5) is 8.74. The van der Waals surface area contributed by atoms with Gasteiger partial charge < -0.3 is 53.1 Å². The fourth-order valence-corrected chi connectivity index (χ4v) is 5.16. The lowest BCUT2D eigenvalue weighted by Gasteiger charge is -2.22. The van der Waals surface area contributed by atoms with Gasteiger partial charge in [-0.2, -0.15) is 0 Å². The molecule has 0 amide bonds. The first kappa shape index (κ1) is 39.6. The van der Waals surface area contributed by atoms with Crippen LogP contribution in [0.5, 0.6) is 23.0 Å². The number of ether oxygens (including phenoxy) is 4. The highest BCUT2D eigenvalue weighted by atomic mass is 16.8. The predicted molar refractivity (Wildman–Crippen MR) is 193 cm³/mol. The van der Waals surface area contributed by atoms with Gasteiger partial charge >= 0.3 is 14.6 Å². The highest BCUT2D eigenvalue weighted by Gasteiger charge is 2.30. The van der Waals surface area contributed by atoms with E-state index in [0.29, 0.717) is 47.3 Å². The number of hydrogen-bond donors (Lipinski definition) is 4. The maximum Gasteiger partial charge on any atom is 0.627 e. The lowest BCUT2D eigenvalue weighted by Crippen LogP contribution is -2.37. The van der Waals surface area contributed by atoms with Crippen LogP contribution in [0.3, 0.4) is 0 Å². The van der Waals surface area contributed by atoms with Crippen molar-refractivity contribution in [3.05, 3.63) is 84.4 Å². The van der Waals surface area contributed by atoms with E-state index in [2.05, 4.69) is 9.97 Å². The maximum absolute atomic E-state index is 10.3. The summed E-state index contributed by atoms with van der Waals surface area (Å²) in [6.45, 7) is 4.28. The van der Waals surface area contributed by atoms with Gasteiger partial charge in [-0.05, 0) is 71.5 Å². The summed E-state index contributed by atoms with van der Waals surface area (Å²) in [5, 5.41) is 39.7. The first-order valence-electron chi connectivity index (χ1n) is 16.8. The van der Waals surface area contributed by atoms with Gasteiger partial charge in [-0.3, -0.25) is 9.97 Å². The van der Waals surface area contributed by atoms with Gasteiger partial charge in [-0.1, -0.05) is 26.0 Å². The molecule has 0 unspecified atom stereocenters. The van der Waals surface area contributed by atoms with Crippen LogP contribution < -0.4 is 18.9 Å². The van der Waals surface area contributed by atoms with E-state index >= 15 is 0 Å². The van der Waals surface area contributed by atoms with Crippen molar-refractivity contribution in [2.75, 3.05) is 53.9 Å². The normalized spacial score (nSPS) is 12.2. The number of pyridine rings is 2. The van der Waals surface area contributed by atoms with Crippen LogP contribution in [0.4, 0.5) is 0 Å². The molecule has 4 aromatic rings. The van der Waals surface area contributed by atoms with Crippen LogP contribution in [0, 0.1) is 0 Å². The van der Waals surface area contributed by atoms with Gasteiger partial charge in [-0.15, -0.1) is 0 Å². The number of benzene rings is 2. The number of nitrogens with zero attached hydrogens (tertiary/aromatic N) is 2. The summed E-state index contributed by atoms with van der Waals surface area (Å²) in [7, 11) is -0.579. The third kappa shape index (κ3) is 11.4. The lowest BCUT2D eigenvalue weighted by atomic mass is 9.97. The molecule has 0 bridgehead atoms. The summed E-state index contributed by atoms with van der Waals surface area (Å²) < 4.78 is 39.2. The van der Waals surface area contributed by atoms with E-state index in [0.717, 1.165) is 35.1 Å². The molecule has 4 N–H and O–H groups in total. The Kier molecular flexibility index (Phi) is 16.0. The lowest BCUT2D eigenvalue weighted by molar-refractivity contribution is 0.0904. The van der Waals surface area contributed by atoms with E-state index in [1.165, 1.54) is 0 Å². The minimum Gasteiger partial charge on any atom is -0.493 e. The number of aromatic nitrogens is 2. The van der Waals surface area contributed by atoms with Crippen LogP contribution >= 0.6 is 0 Å². The van der Waals surface area contributed by atoms with Crippen LogP contribution in [0.15, 0.2) is 73.3 Å². The van der Waals surface area contributed by atoms with E-state index in [9.17, 15) is 20.3 Å². The number of rotatable bonds is 22. The van der Waals surface area contributed by atoms with Crippen LogP contribution in [-0.4, -0.2) is 98.7 Å². The third-order valence-corrected chi connectivity index (χ3v) is 7.92. The Morgan fingerprint density at radius 1 is 0.608 bits per heavy atom. The zero-order valence-corrected chi connectivity index (χ0v) is 29.4. The molecule has 0 aliphatic carbocycles. The minimum atomic E-state index is -2.21. The Morgan fingerprint density at radius 3 is 1.43 bits per heavy atom. The standard InChI is InChI=1S/C36H46B2N2O11/c1-5-11-47-35-15-25(7-9-33(35)45-3)27-13-29(19-39-17-27)31(21-41)23-49-38(51-37(43)44)50-24-32(22-42)30-14-28(18-40-20-30)26-8-10-34(46-4)36(16-26)48-12-6-2/h7-10,13-20,31-32,41-44H,5-6,11-12,21-24H2,1-4H3/t31-,32-/m0/s1. The summed E-state index contributed by atoms with van der Waals surface area (Å²) in [6, 6.07) is 14.9. The van der Waals surface area contributed by atoms with Crippen molar-refractivity contribution in [3.63, 3.8) is 0 Å². The van der Waals surface area contributed by atoms with E-state index in [1.54, 1.807) is 39.0 Å². The molecule has 51 heavy (non-hydrogen) atoms. The molecule has 0 radical (unpaired) electrons. The number of hydrogen-bond acceptors (Lipinski definition) is 13. The monoisotopic (exact) mass is 704 g/mol. The SMILES string of the molecule is CCCOc1cc(-c2cncc([C@@H](CO)COB(OC[C@H](CO)c3cncc(-c4ccc(OC)c(OCCC)c4)c3)OB(O)O)c2)ccc1OC.